The van der Waals surface area contributed by atoms with Gasteiger partial charge in [-0.2, -0.15) is 10.4 Å². The van der Waals surface area contributed by atoms with Crippen molar-refractivity contribution in [2.75, 3.05) is 18.4 Å². The first-order chi connectivity index (χ1) is 12.4. The molecular formula is C17H19FN6O2. The number of nitriles is 1. The summed E-state index contributed by atoms with van der Waals surface area (Å²) in [7, 11) is 0. The Morgan fingerprint density at radius 2 is 2.08 bits per heavy atom. The maximum atomic E-state index is 13.1. The summed E-state index contributed by atoms with van der Waals surface area (Å²) in [5.74, 6) is -0.811. The lowest BCUT2D eigenvalue weighted by atomic mass is 9.85. The van der Waals surface area contributed by atoms with Gasteiger partial charge in [0.1, 0.15) is 11.4 Å². The lowest BCUT2D eigenvalue weighted by Gasteiger charge is -2.40. The predicted molar refractivity (Wildman–Crippen MR) is 91.9 cm³/mol. The Hall–Kier alpha value is -2.96. The highest BCUT2D eigenvalue weighted by Crippen LogP contribution is 2.32. The third-order valence-corrected chi connectivity index (χ3v) is 4.72. The zero-order valence-corrected chi connectivity index (χ0v) is 14.0. The van der Waals surface area contributed by atoms with Gasteiger partial charge < -0.3 is 21.3 Å². The SMILES string of the molecule is N#CCC1(n2cc(C(N)=O)c(Nc3ccc(F)cc3)n2)CC[NH+]([O-])CC1. The molecule has 8 nitrogen and oxygen atoms in total. The molecule has 1 aliphatic rings. The summed E-state index contributed by atoms with van der Waals surface area (Å²) in [5.41, 5.74) is 5.54. The van der Waals surface area contributed by atoms with Gasteiger partial charge in [0, 0.05) is 24.7 Å². The Labute approximate surface area is 149 Å². The zero-order valence-electron chi connectivity index (χ0n) is 14.0. The Balaban J connectivity index is 1.96. The van der Waals surface area contributed by atoms with Crippen LogP contribution in [0, 0.1) is 22.4 Å². The highest BCUT2D eigenvalue weighted by molar-refractivity contribution is 5.98. The highest BCUT2D eigenvalue weighted by Gasteiger charge is 2.38. The molecular weight excluding hydrogens is 339 g/mol. The summed E-state index contributed by atoms with van der Waals surface area (Å²) in [6.07, 6.45) is 2.65. The molecule has 26 heavy (non-hydrogen) atoms. The van der Waals surface area contributed by atoms with Gasteiger partial charge in [-0.15, -0.1) is 0 Å². The van der Waals surface area contributed by atoms with Gasteiger partial charge in [0.25, 0.3) is 5.91 Å². The fraction of sp³-hybridized carbons (Fsp3) is 0.353. The summed E-state index contributed by atoms with van der Waals surface area (Å²) in [5, 5.41) is 28.4. The molecule has 4 N–H and O–H groups in total. The number of aromatic nitrogens is 2. The van der Waals surface area contributed by atoms with E-state index < -0.39 is 11.4 Å². The molecule has 3 rings (SSSR count). The van der Waals surface area contributed by atoms with Crippen LogP contribution in [-0.2, 0) is 5.54 Å². The number of hydrogen-bond donors (Lipinski definition) is 3. The smallest absolute Gasteiger partial charge is 0.254 e. The number of nitrogens with two attached hydrogens (primary N) is 1. The lowest BCUT2D eigenvalue weighted by molar-refractivity contribution is -0.856. The largest absolute Gasteiger partial charge is 0.634 e. The van der Waals surface area contributed by atoms with Crippen LogP contribution in [0.25, 0.3) is 0 Å². The average Bonchev–Trinajstić information content (AvgIpc) is 3.04. The minimum Gasteiger partial charge on any atom is -0.634 e. The number of quaternary nitrogens is 1. The van der Waals surface area contributed by atoms with Crippen LogP contribution in [0.3, 0.4) is 0 Å². The van der Waals surface area contributed by atoms with E-state index in [0.717, 1.165) is 0 Å². The number of primary amides is 1. The zero-order chi connectivity index (χ0) is 18.7. The first kappa shape index (κ1) is 17.8. The lowest BCUT2D eigenvalue weighted by Crippen LogP contribution is -3.09. The number of nitrogens with one attached hydrogen (secondary N) is 2. The van der Waals surface area contributed by atoms with Crippen molar-refractivity contribution < 1.29 is 14.2 Å². The Morgan fingerprint density at radius 3 is 2.65 bits per heavy atom. The fourth-order valence-electron chi connectivity index (χ4n) is 3.19. The van der Waals surface area contributed by atoms with E-state index >= 15 is 0 Å². The molecule has 1 aromatic heterocycles. The third-order valence-electron chi connectivity index (χ3n) is 4.72. The summed E-state index contributed by atoms with van der Waals surface area (Å²) in [6, 6.07) is 7.76. The van der Waals surface area contributed by atoms with Gasteiger partial charge in [-0.05, 0) is 24.3 Å². The molecule has 0 atom stereocenters. The van der Waals surface area contributed by atoms with Crippen LogP contribution in [0.4, 0.5) is 15.9 Å². The van der Waals surface area contributed by atoms with Crippen LogP contribution in [0.5, 0.6) is 0 Å². The number of nitrogens with zero attached hydrogens (tertiary/aromatic N) is 3. The van der Waals surface area contributed by atoms with Gasteiger partial charge >= 0.3 is 0 Å². The van der Waals surface area contributed by atoms with Crippen LogP contribution < -0.4 is 16.1 Å². The summed E-state index contributed by atoms with van der Waals surface area (Å²) < 4.78 is 14.6. The minimum absolute atomic E-state index is 0.158. The normalized spacial score (nSPS) is 22.6. The molecule has 1 saturated heterocycles. The molecule has 0 spiro atoms. The number of piperidine rings is 1. The topological polar surface area (TPSA) is 124 Å². The number of carbonyl (C=O) groups excluding carboxylic acids is 1. The second kappa shape index (κ2) is 7.11. The number of anilines is 2. The van der Waals surface area contributed by atoms with Crippen molar-refractivity contribution in [3.63, 3.8) is 0 Å². The highest BCUT2D eigenvalue weighted by atomic mass is 19.1. The van der Waals surface area contributed by atoms with E-state index in [-0.39, 0.29) is 28.7 Å². The van der Waals surface area contributed by atoms with E-state index in [9.17, 15) is 19.7 Å². The summed E-state index contributed by atoms with van der Waals surface area (Å²) in [6.45, 7) is 0.738. The molecule has 0 aliphatic carbocycles. The van der Waals surface area contributed by atoms with Gasteiger partial charge in [-0.25, -0.2) is 4.39 Å². The van der Waals surface area contributed by atoms with E-state index in [1.165, 1.54) is 30.5 Å². The summed E-state index contributed by atoms with van der Waals surface area (Å²) in [4.78, 5) is 11.8. The van der Waals surface area contributed by atoms with E-state index in [1.54, 1.807) is 4.68 Å². The molecule has 136 valence electrons. The number of benzene rings is 1. The molecule has 2 heterocycles. The molecule has 1 aliphatic heterocycles. The third kappa shape index (κ3) is 3.51. The van der Waals surface area contributed by atoms with Crippen molar-refractivity contribution in [2.24, 2.45) is 5.73 Å². The van der Waals surface area contributed by atoms with Crippen LogP contribution in [0.1, 0.15) is 29.6 Å². The predicted octanol–water partition coefficient (Wildman–Crippen LogP) is 0.650. The molecule has 1 aromatic carbocycles. The summed E-state index contributed by atoms with van der Waals surface area (Å²) >= 11 is 0. The quantitative estimate of drug-likeness (QED) is 0.677. The molecule has 0 radical (unpaired) electrons. The van der Waals surface area contributed by atoms with Crippen molar-refractivity contribution in [3.8, 4) is 6.07 Å². The van der Waals surface area contributed by atoms with Crippen molar-refractivity contribution >= 4 is 17.4 Å². The fourth-order valence-corrected chi connectivity index (χ4v) is 3.19. The number of carbonyl (C=O) groups is 1. The van der Waals surface area contributed by atoms with Crippen molar-refractivity contribution in [3.05, 3.63) is 47.1 Å². The Bertz CT molecular complexity index is 834. The molecule has 1 fully saturated rings. The number of hydroxylamine groups is 2. The van der Waals surface area contributed by atoms with Crippen LogP contribution in [-0.4, -0.2) is 28.8 Å². The van der Waals surface area contributed by atoms with Gasteiger partial charge in [0.15, 0.2) is 5.82 Å². The molecule has 1 amide bonds. The van der Waals surface area contributed by atoms with Crippen LogP contribution in [0.15, 0.2) is 30.5 Å². The number of amides is 1. The first-order valence-corrected chi connectivity index (χ1v) is 8.25. The second-order valence-corrected chi connectivity index (χ2v) is 6.43. The molecule has 9 heteroatoms. The molecule has 2 aromatic rings. The number of hydrogen-bond acceptors (Lipinski definition) is 5. The van der Waals surface area contributed by atoms with Gasteiger partial charge in [0.05, 0.1) is 31.1 Å². The van der Waals surface area contributed by atoms with Gasteiger partial charge in [-0.1, -0.05) is 0 Å². The monoisotopic (exact) mass is 358 g/mol. The number of rotatable bonds is 5. The maximum absolute atomic E-state index is 13.1. The number of halogens is 1. The van der Waals surface area contributed by atoms with Crippen molar-refractivity contribution in [1.29, 1.82) is 5.26 Å². The van der Waals surface area contributed by atoms with Gasteiger partial charge in [-0.3, -0.25) is 9.48 Å². The Kier molecular flexibility index (Phi) is 4.88. The van der Waals surface area contributed by atoms with Crippen molar-refractivity contribution in [2.45, 2.75) is 24.8 Å². The van der Waals surface area contributed by atoms with Crippen LogP contribution in [0.2, 0.25) is 0 Å². The van der Waals surface area contributed by atoms with E-state index in [1.807, 2.05) is 0 Å². The molecule has 0 bridgehead atoms. The molecule has 0 unspecified atom stereocenters. The van der Waals surface area contributed by atoms with E-state index in [2.05, 4.69) is 16.5 Å². The Morgan fingerprint density at radius 1 is 1.42 bits per heavy atom. The van der Waals surface area contributed by atoms with E-state index in [0.29, 0.717) is 31.6 Å². The second-order valence-electron chi connectivity index (χ2n) is 6.43. The van der Waals surface area contributed by atoms with Crippen LogP contribution >= 0.6 is 0 Å². The first-order valence-electron chi connectivity index (χ1n) is 8.25. The van der Waals surface area contributed by atoms with Gasteiger partial charge in [0.2, 0.25) is 0 Å². The maximum Gasteiger partial charge on any atom is 0.254 e. The molecule has 0 saturated carbocycles. The minimum atomic E-state index is -0.667. The standard InChI is InChI=1S/C17H19FN6O2/c18-12-1-3-13(4-2-12)21-16-14(15(20)25)11-24(22-16)17(5-8-19)6-9-23(26)10-7-17/h1-4,11,23H,5-7,9-10H2,(H2,20,25)(H,21,22). The van der Waals surface area contributed by atoms with E-state index in [4.69, 9.17) is 5.73 Å². The van der Waals surface area contributed by atoms with Crippen molar-refractivity contribution in [1.82, 2.24) is 9.78 Å². The average molecular weight is 358 g/mol.